The first kappa shape index (κ1) is 20.6. The summed E-state index contributed by atoms with van der Waals surface area (Å²) in [5, 5.41) is 3.06. The Balaban J connectivity index is 1.43. The second-order valence-electron chi connectivity index (χ2n) is 8.34. The maximum absolute atomic E-state index is 12.5. The summed E-state index contributed by atoms with van der Waals surface area (Å²) in [6.45, 7) is 11.1. The van der Waals surface area contributed by atoms with Gasteiger partial charge in [-0.15, -0.1) is 0 Å². The molecule has 1 aliphatic carbocycles. The molecular weight excluding hydrogens is 354 g/mol. The zero-order valence-electron chi connectivity index (χ0n) is 17.5. The molecule has 1 saturated heterocycles. The Labute approximate surface area is 168 Å². The van der Waals surface area contributed by atoms with Gasteiger partial charge in [0.1, 0.15) is 5.75 Å². The fourth-order valence-electron chi connectivity index (χ4n) is 3.70. The van der Waals surface area contributed by atoms with Crippen LogP contribution >= 0.6 is 0 Å². The maximum atomic E-state index is 12.5. The van der Waals surface area contributed by atoms with Gasteiger partial charge in [0.2, 0.25) is 5.91 Å². The maximum Gasteiger partial charge on any atom is 0.260 e. The summed E-state index contributed by atoms with van der Waals surface area (Å²) in [4.78, 5) is 28.7. The van der Waals surface area contributed by atoms with Crippen LogP contribution in [0.2, 0.25) is 0 Å². The minimum absolute atomic E-state index is 0.000300. The molecule has 2 aliphatic rings. The highest BCUT2D eigenvalue weighted by Crippen LogP contribution is 2.23. The molecule has 1 aromatic carbocycles. The summed E-state index contributed by atoms with van der Waals surface area (Å²) in [6.07, 6.45) is 2.20. The summed E-state index contributed by atoms with van der Waals surface area (Å²) < 4.78 is 5.73. The molecule has 0 aromatic heterocycles. The fraction of sp³-hybridized carbons (Fsp3) is 0.636. The molecule has 1 aromatic rings. The largest absolute Gasteiger partial charge is 0.484 e. The molecule has 1 aliphatic heterocycles. The Kier molecular flexibility index (Phi) is 6.60. The lowest BCUT2D eigenvalue weighted by Gasteiger charge is -2.37. The van der Waals surface area contributed by atoms with E-state index in [-0.39, 0.29) is 24.5 Å². The lowest BCUT2D eigenvalue weighted by molar-refractivity contribution is -0.136. The van der Waals surface area contributed by atoms with Gasteiger partial charge in [0, 0.05) is 32.2 Å². The number of ether oxygens (including phenoxy) is 1. The number of benzene rings is 1. The van der Waals surface area contributed by atoms with Crippen LogP contribution in [0.15, 0.2) is 18.2 Å². The lowest BCUT2D eigenvalue weighted by Crippen LogP contribution is -2.55. The number of nitrogens with one attached hydrogen (secondary N) is 1. The van der Waals surface area contributed by atoms with Crippen molar-refractivity contribution >= 4 is 11.8 Å². The third-order valence-electron chi connectivity index (χ3n) is 5.74. The fourth-order valence-corrected chi connectivity index (χ4v) is 3.70. The van der Waals surface area contributed by atoms with Crippen molar-refractivity contribution in [2.24, 2.45) is 0 Å². The van der Waals surface area contributed by atoms with Gasteiger partial charge in [-0.2, -0.15) is 0 Å². The van der Waals surface area contributed by atoms with Gasteiger partial charge in [-0.1, -0.05) is 19.9 Å². The summed E-state index contributed by atoms with van der Waals surface area (Å²) in [6, 6.07) is 6.26. The zero-order valence-corrected chi connectivity index (χ0v) is 17.5. The van der Waals surface area contributed by atoms with Gasteiger partial charge >= 0.3 is 0 Å². The van der Waals surface area contributed by atoms with Crippen molar-refractivity contribution in [3.8, 4) is 5.75 Å². The van der Waals surface area contributed by atoms with Crippen molar-refractivity contribution in [1.29, 1.82) is 0 Å². The van der Waals surface area contributed by atoms with Crippen LogP contribution < -0.4 is 10.1 Å². The van der Waals surface area contributed by atoms with E-state index >= 15 is 0 Å². The molecule has 1 N–H and O–H groups in total. The zero-order chi connectivity index (χ0) is 20.3. The molecule has 0 radical (unpaired) electrons. The second-order valence-corrected chi connectivity index (χ2v) is 8.34. The van der Waals surface area contributed by atoms with Gasteiger partial charge in [0.15, 0.2) is 6.61 Å². The average molecular weight is 388 g/mol. The highest BCUT2D eigenvalue weighted by atomic mass is 16.5. The Hall–Kier alpha value is -2.08. The van der Waals surface area contributed by atoms with Gasteiger partial charge in [0.05, 0.1) is 6.04 Å². The highest BCUT2D eigenvalue weighted by Gasteiger charge is 2.30. The normalized spacial score (nSPS) is 18.8. The second kappa shape index (κ2) is 8.95. The molecule has 1 atom stereocenters. The van der Waals surface area contributed by atoms with Gasteiger partial charge < -0.3 is 15.0 Å². The Morgan fingerprint density at radius 1 is 1.14 bits per heavy atom. The van der Waals surface area contributed by atoms with Crippen molar-refractivity contribution in [3.63, 3.8) is 0 Å². The van der Waals surface area contributed by atoms with E-state index in [0.29, 0.717) is 38.1 Å². The smallest absolute Gasteiger partial charge is 0.260 e. The number of amides is 2. The van der Waals surface area contributed by atoms with Crippen molar-refractivity contribution < 1.29 is 14.3 Å². The van der Waals surface area contributed by atoms with Crippen molar-refractivity contribution in [3.05, 3.63) is 29.3 Å². The van der Waals surface area contributed by atoms with Crippen LogP contribution in [-0.2, 0) is 9.59 Å². The number of hydrogen-bond acceptors (Lipinski definition) is 4. The third-order valence-corrected chi connectivity index (χ3v) is 5.74. The minimum Gasteiger partial charge on any atom is -0.484 e. The van der Waals surface area contributed by atoms with E-state index in [1.54, 1.807) is 0 Å². The van der Waals surface area contributed by atoms with E-state index < -0.39 is 0 Å². The van der Waals surface area contributed by atoms with Crippen LogP contribution in [0.25, 0.3) is 0 Å². The lowest BCUT2D eigenvalue weighted by atomic mass is 9.98. The number of carbonyl (C=O) groups excluding carboxylic acids is 2. The van der Waals surface area contributed by atoms with E-state index in [1.807, 2.05) is 24.0 Å². The van der Waals surface area contributed by atoms with E-state index in [2.05, 4.69) is 37.1 Å². The molecule has 3 rings (SSSR count). The van der Waals surface area contributed by atoms with Crippen LogP contribution in [0.1, 0.15) is 50.7 Å². The van der Waals surface area contributed by atoms with Gasteiger partial charge in [0.25, 0.3) is 5.91 Å². The molecule has 6 heteroatoms. The van der Waals surface area contributed by atoms with Crippen molar-refractivity contribution in [1.82, 2.24) is 15.1 Å². The number of piperazine rings is 1. The summed E-state index contributed by atoms with van der Waals surface area (Å²) >= 11 is 0. The molecule has 2 amide bonds. The Bertz CT molecular complexity index is 707. The highest BCUT2D eigenvalue weighted by molar-refractivity contribution is 5.82. The average Bonchev–Trinajstić information content (AvgIpc) is 3.49. The number of carbonyl (C=O) groups is 2. The molecule has 1 unspecified atom stereocenters. The van der Waals surface area contributed by atoms with E-state index in [9.17, 15) is 9.59 Å². The molecule has 0 spiro atoms. The van der Waals surface area contributed by atoms with E-state index in [0.717, 1.165) is 18.6 Å². The monoisotopic (exact) mass is 387 g/mol. The summed E-state index contributed by atoms with van der Waals surface area (Å²) in [7, 11) is 0. The van der Waals surface area contributed by atoms with Gasteiger partial charge in [-0.25, -0.2) is 0 Å². The van der Waals surface area contributed by atoms with Gasteiger partial charge in [-0.3, -0.25) is 14.5 Å². The molecule has 28 heavy (non-hydrogen) atoms. The molecule has 1 heterocycles. The topological polar surface area (TPSA) is 61.9 Å². The van der Waals surface area contributed by atoms with Gasteiger partial charge in [-0.05, 0) is 55.9 Å². The van der Waals surface area contributed by atoms with Crippen LogP contribution in [0.4, 0.5) is 0 Å². The predicted molar refractivity (Wildman–Crippen MR) is 110 cm³/mol. The van der Waals surface area contributed by atoms with Crippen LogP contribution in [0, 0.1) is 6.92 Å². The first-order valence-electron chi connectivity index (χ1n) is 10.4. The van der Waals surface area contributed by atoms with Crippen LogP contribution in [-0.4, -0.2) is 66.5 Å². The van der Waals surface area contributed by atoms with Crippen molar-refractivity contribution in [2.75, 3.05) is 32.8 Å². The number of nitrogens with zero attached hydrogens (tertiary/aromatic N) is 2. The molecule has 6 nitrogen and oxygen atoms in total. The third kappa shape index (κ3) is 5.25. The molecule has 0 bridgehead atoms. The Morgan fingerprint density at radius 3 is 2.39 bits per heavy atom. The standard InChI is InChI=1S/C22H33N3O3/c1-15(2)20-8-7-19(13-16(20)3)28-14-21(26)25-11-9-24(10-12-25)17(4)22(27)23-18-5-6-18/h7-8,13,15,17-18H,5-6,9-12,14H2,1-4H3,(H,23,27). The van der Waals surface area contributed by atoms with E-state index in [1.165, 1.54) is 11.1 Å². The number of aryl methyl sites for hydroxylation is 1. The van der Waals surface area contributed by atoms with Crippen molar-refractivity contribution in [2.45, 2.75) is 58.5 Å². The predicted octanol–water partition coefficient (Wildman–Crippen LogP) is 2.31. The first-order valence-corrected chi connectivity index (χ1v) is 10.4. The number of rotatable bonds is 7. The number of hydrogen-bond donors (Lipinski definition) is 1. The quantitative estimate of drug-likeness (QED) is 0.780. The summed E-state index contributed by atoms with van der Waals surface area (Å²) in [5.74, 6) is 1.31. The summed E-state index contributed by atoms with van der Waals surface area (Å²) in [5.41, 5.74) is 2.49. The Morgan fingerprint density at radius 2 is 1.82 bits per heavy atom. The SMILES string of the molecule is Cc1cc(OCC(=O)N2CCN(C(C)C(=O)NC3CC3)CC2)ccc1C(C)C. The molecule has 1 saturated carbocycles. The van der Waals surface area contributed by atoms with Crippen LogP contribution in [0.3, 0.4) is 0 Å². The van der Waals surface area contributed by atoms with Crippen LogP contribution in [0.5, 0.6) is 5.75 Å². The molecule has 154 valence electrons. The molecular formula is C22H33N3O3. The minimum atomic E-state index is -0.142. The van der Waals surface area contributed by atoms with E-state index in [4.69, 9.17) is 4.74 Å². The molecule has 2 fully saturated rings. The first-order chi connectivity index (χ1) is 13.3.